The van der Waals surface area contributed by atoms with Crippen LogP contribution in [0.5, 0.6) is 0 Å². The van der Waals surface area contributed by atoms with Crippen molar-refractivity contribution in [3.05, 3.63) is 82.1 Å². The zero-order valence-electron chi connectivity index (χ0n) is 9.71. The van der Waals surface area contributed by atoms with E-state index in [0.29, 0.717) is 0 Å². The molecule has 1 aromatic heterocycles. The van der Waals surface area contributed by atoms with Crippen molar-refractivity contribution < 1.29 is 0 Å². The van der Waals surface area contributed by atoms with Crippen LogP contribution in [-0.2, 0) is 0 Å². The molecule has 0 amide bonds. The van der Waals surface area contributed by atoms with Gasteiger partial charge in [0, 0.05) is 5.56 Å². The van der Waals surface area contributed by atoms with E-state index >= 15 is 0 Å². The zero-order chi connectivity index (χ0) is 12.1. The first-order valence-corrected chi connectivity index (χ1v) is 6.05. The highest BCUT2D eigenvalue weighted by atomic mass is 16.1. The van der Waals surface area contributed by atoms with Crippen molar-refractivity contribution in [1.29, 1.82) is 0 Å². The van der Waals surface area contributed by atoms with E-state index in [0.717, 1.165) is 16.5 Å². The summed E-state index contributed by atoms with van der Waals surface area (Å²) in [4.78, 5) is 12.0. The van der Waals surface area contributed by atoms with E-state index < -0.39 is 0 Å². The van der Waals surface area contributed by atoms with Crippen LogP contribution >= 0.6 is 0 Å². The summed E-state index contributed by atoms with van der Waals surface area (Å²) in [5.41, 5.74) is 3.24. The van der Waals surface area contributed by atoms with E-state index in [9.17, 15) is 4.79 Å². The first-order chi connectivity index (χ1) is 8.86. The Kier molecular flexibility index (Phi) is 1.78. The standard InChI is InChI=1S/C16H11NO/c18-16-13-10-12-8-4-5-9-14(12)17(16)15(13)11-6-2-1-3-7-11/h1-10,15H. The number of nitrogens with zero attached hydrogens (tertiary/aromatic N) is 1. The average Bonchev–Trinajstić information content (AvgIpc) is 2.45. The van der Waals surface area contributed by atoms with Crippen LogP contribution in [0.15, 0.2) is 65.5 Å². The van der Waals surface area contributed by atoms with Gasteiger partial charge >= 0.3 is 0 Å². The van der Waals surface area contributed by atoms with Crippen molar-refractivity contribution >= 4 is 10.9 Å². The van der Waals surface area contributed by atoms with Gasteiger partial charge in [0.15, 0.2) is 0 Å². The lowest BCUT2D eigenvalue weighted by atomic mass is 9.91. The molecule has 2 heterocycles. The molecule has 4 rings (SSSR count). The predicted octanol–water partition coefficient (Wildman–Crippen LogP) is 2.95. The highest BCUT2D eigenvalue weighted by molar-refractivity contribution is 5.82. The third kappa shape index (κ3) is 1.10. The molecule has 1 aliphatic rings. The topological polar surface area (TPSA) is 22.0 Å². The lowest BCUT2D eigenvalue weighted by molar-refractivity contribution is 0.586. The summed E-state index contributed by atoms with van der Waals surface area (Å²) >= 11 is 0. The molecule has 18 heavy (non-hydrogen) atoms. The van der Waals surface area contributed by atoms with E-state index in [4.69, 9.17) is 0 Å². The minimum atomic E-state index is 0.105. The summed E-state index contributed by atoms with van der Waals surface area (Å²) in [6.45, 7) is 0. The van der Waals surface area contributed by atoms with Crippen LogP contribution in [-0.4, -0.2) is 4.57 Å². The normalized spacial score (nSPS) is 16.6. The van der Waals surface area contributed by atoms with Crippen LogP contribution in [0.3, 0.4) is 0 Å². The van der Waals surface area contributed by atoms with E-state index in [2.05, 4.69) is 18.2 Å². The van der Waals surface area contributed by atoms with Gasteiger partial charge in [0.2, 0.25) is 0 Å². The van der Waals surface area contributed by atoms with Gasteiger partial charge in [0.1, 0.15) is 0 Å². The molecule has 0 fully saturated rings. The average molecular weight is 233 g/mol. The first-order valence-electron chi connectivity index (χ1n) is 6.05. The van der Waals surface area contributed by atoms with Crippen LogP contribution in [0, 0.1) is 0 Å². The van der Waals surface area contributed by atoms with Crippen LogP contribution < -0.4 is 5.56 Å². The van der Waals surface area contributed by atoms with E-state index in [1.807, 2.05) is 47.0 Å². The number of hydrogen-bond donors (Lipinski definition) is 0. The van der Waals surface area contributed by atoms with E-state index in [-0.39, 0.29) is 11.6 Å². The molecule has 0 aliphatic carbocycles. The lowest BCUT2D eigenvalue weighted by Gasteiger charge is -2.31. The number of pyridine rings is 1. The van der Waals surface area contributed by atoms with Crippen LogP contribution in [0.2, 0.25) is 0 Å². The smallest absolute Gasteiger partial charge is 0.257 e. The Morgan fingerprint density at radius 2 is 1.61 bits per heavy atom. The van der Waals surface area contributed by atoms with E-state index in [1.165, 1.54) is 5.56 Å². The fraction of sp³-hybridized carbons (Fsp3) is 0.0625. The van der Waals surface area contributed by atoms with Crippen LogP contribution in [0.25, 0.3) is 10.9 Å². The summed E-state index contributed by atoms with van der Waals surface area (Å²) < 4.78 is 1.89. The molecule has 0 N–H and O–H groups in total. The molecule has 3 aromatic rings. The Balaban J connectivity index is 2.01. The van der Waals surface area contributed by atoms with Crippen molar-refractivity contribution in [1.82, 2.24) is 4.57 Å². The predicted molar refractivity (Wildman–Crippen MR) is 71.9 cm³/mol. The summed E-state index contributed by atoms with van der Waals surface area (Å²) in [5, 5.41) is 1.14. The van der Waals surface area contributed by atoms with Gasteiger partial charge in [0.05, 0.1) is 11.6 Å². The minimum absolute atomic E-state index is 0.105. The van der Waals surface area contributed by atoms with Crippen molar-refractivity contribution in [2.45, 2.75) is 6.04 Å². The maximum atomic E-state index is 12.0. The molecule has 1 atom stereocenters. The molecule has 1 aliphatic heterocycles. The lowest BCUT2D eigenvalue weighted by Crippen LogP contribution is -2.41. The Labute approximate surface area is 104 Å². The highest BCUT2D eigenvalue weighted by Gasteiger charge is 2.32. The zero-order valence-corrected chi connectivity index (χ0v) is 9.71. The molecule has 0 saturated heterocycles. The third-order valence-corrected chi connectivity index (χ3v) is 3.64. The van der Waals surface area contributed by atoms with Crippen LogP contribution in [0.1, 0.15) is 17.2 Å². The molecule has 2 nitrogen and oxygen atoms in total. The molecule has 2 bridgehead atoms. The van der Waals surface area contributed by atoms with Gasteiger partial charge < -0.3 is 0 Å². The molecule has 86 valence electrons. The van der Waals surface area contributed by atoms with Gasteiger partial charge in [-0.3, -0.25) is 9.36 Å². The Morgan fingerprint density at radius 1 is 0.889 bits per heavy atom. The molecule has 2 aromatic carbocycles. The summed E-state index contributed by atoms with van der Waals surface area (Å²) in [6, 6.07) is 20.3. The van der Waals surface area contributed by atoms with Crippen molar-refractivity contribution in [3.8, 4) is 0 Å². The second-order valence-corrected chi connectivity index (χ2v) is 4.65. The molecular weight excluding hydrogens is 222 g/mol. The molecule has 0 radical (unpaired) electrons. The summed E-state index contributed by atoms with van der Waals surface area (Å²) in [7, 11) is 0. The van der Waals surface area contributed by atoms with Crippen LogP contribution in [0.4, 0.5) is 0 Å². The van der Waals surface area contributed by atoms with Gasteiger partial charge in [-0.1, -0.05) is 48.5 Å². The van der Waals surface area contributed by atoms with Crippen molar-refractivity contribution in [2.75, 3.05) is 0 Å². The fourth-order valence-corrected chi connectivity index (χ4v) is 2.80. The van der Waals surface area contributed by atoms with Gasteiger partial charge in [-0.05, 0) is 23.1 Å². The Hall–Kier alpha value is -2.35. The molecule has 1 unspecified atom stereocenters. The first kappa shape index (κ1) is 9.66. The molecule has 0 spiro atoms. The fourth-order valence-electron chi connectivity index (χ4n) is 2.80. The Bertz CT molecular complexity index is 802. The van der Waals surface area contributed by atoms with Gasteiger partial charge in [-0.2, -0.15) is 0 Å². The second kappa shape index (κ2) is 3.33. The number of para-hydroxylation sites is 1. The van der Waals surface area contributed by atoms with Gasteiger partial charge in [-0.15, -0.1) is 0 Å². The monoisotopic (exact) mass is 233 g/mol. The summed E-state index contributed by atoms with van der Waals surface area (Å²) in [6.07, 6.45) is 0. The number of fused-ring (bicyclic) bond motifs is 4. The van der Waals surface area contributed by atoms with Crippen molar-refractivity contribution in [2.24, 2.45) is 0 Å². The quantitative estimate of drug-likeness (QED) is 0.495. The van der Waals surface area contributed by atoms with Crippen molar-refractivity contribution in [3.63, 3.8) is 0 Å². The number of rotatable bonds is 1. The second-order valence-electron chi connectivity index (χ2n) is 4.65. The largest absolute Gasteiger partial charge is 0.296 e. The molecule has 0 saturated carbocycles. The number of aromatic nitrogens is 1. The maximum Gasteiger partial charge on any atom is 0.257 e. The van der Waals surface area contributed by atoms with E-state index in [1.54, 1.807) is 0 Å². The maximum absolute atomic E-state index is 12.0. The molecular formula is C16H11NO. The Morgan fingerprint density at radius 3 is 2.44 bits per heavy atom. The number of hydrogen-bond acceptors (Lipinski definition) is 1. The number of benzene rings is 2. The summed E-state index contributed by atoms with van der Waals surface area (Å²) in [5.74, 6) is 0. The highest BCUT2D eigenvalue weighted by Crippen LogP contribution is 2.34. The van der Waals surface area contributed by atoms with Gasteiger partial charge in [0.25, 0.3) is 5.56 Å². The third-order valence-electron chi connectivity index (χ3n) is 3.64. The molecule has 2 heteroatoms. The minimum Gasteiger partial charge on any atom is -0.296 e. The van der Waals surface area contributed by atoms with Gasteiger partial charge in [-0.25, -0.2) is 0 Å². The SMILES string of the molecule is O=C1C2=Cc3ccccc3N1C2c1ccccc1.